The van der Waals surface area contributed by atoms with Crippen LogP contribution in [0.2, 0.25) is 0 Å². The Labute approximate surface area is 150 Å². The molecular formula is C19H18N4O3. The molecule has 7 heteroatoms. The smallest absolute Gasteiger partial charge is 0.231 e. The molecule has 3 aromatic rings. The Morgan fingerprint density at radius 3 is 3.00 bits per heavy atom. The number of nitrogens with one attached hydrogen (secondary N) is 1. The van der Waals surface area contributed by atoms with Gasteiger partial charge in [0.15, 0.2) is 11.5 Å². The van der Waals surface area contributed by atoms with E-state index in [-0.39, 0.29) is 12.7 Å². The molecule has 1 aliphatic heterocycles. The topological polar surface area (TPSA) is 78.3 Å². The van der Waals surface area contributed by atoms with Gasteiger partial charge in [0.05, 0.1) is 0 Å². The first kappa shape index (κ1) is 16.1. The maximum absolute atomic E-state index is 12.2. The molecule has 0 radical (unpaired) electrons. The van der Waals surface area contributed by atoms with Crippen LogP contribution in [0.5, 0.6) is 11.5 Å². The van der Waals surface area contributed by atoms with E-state index in [2.05, 4.69) is 15.3 Å². The lowest BCUT2D eigenvalue weighted by molar-refractivity contribution is -0.121. The van der Waals surface area contributed by atoms with Gasteiger partial charge in [-0.1, -0.05) is 12.1 Å². The van der Waals surface area contributed by atoms with Crippen molar-refractivity contribution in [2.75, 3.05) is 6.79 Å². The zero-order valence-corrected chi connectivity index (χ0v) is 14.1. The summed E-state index contributed by atoms with van der Waals surface area (Å²) in [7, 11) is 0. The molecule has 1 amide bonds. The number of imidazole rings is 1. The maximum atomic E-state index is 12.2. The molecule has 3 heterocycles. The van der Waals surface area contributed by atoms with Crippen LogP contribution in [-0.2, 0) is 17.8 Å². The van der Waals surface area contributed by atoms with Crippen molar-refractivity contribution in [2.45, 2.75) is 19.4 Å². The van der Waals surface area contributed by atoms with Gasteiger partial charge in [0.25, 0.3) is 0 Å². The number of carbonyl (C=O) groups excluding carboxylic acids is 1. The van der Waals surface area contributed by atoms with Crippen LogP contribution in [0.3, 0.4) is 0 Å². The number of nitrogens with zero attached hydrogens (tertiary/aromatic N) is 3. The SMILES string of the molecule is O=C(CCc1ccc2c(c1)OCO2)NCc1cccnc1-n1ccnc1. The molecule has 1 aliphatic rings. The zero-order chi connectivity index (χ0) is 17.8. The molecule has 132 valence electrons. The van der Waals surface area contributed by atoms with E-state index in [0.717, 1.165) is 28.4 Å². The minimum Gasteiger partial charge on any atom is -0.454 e. The lowest BCUT2D eigenvalue weighted by Crippen LogP contribution is -2.24. The highest BCUT2D eigenvalue weighted by molar-refractivity contribution is 5.76. The van der Waals surface area contributed by atoms with Crippen molar-refractivity contribution in [2.24, 2.45) is 0 Å². The summed E-state index contributed by atoms with van der Waals surface area (Å²) < 4.78 is 12.5. The second-order valence-electron chi connectivity index (χ2n) is 5.92. The third-order valence-corrected chi connectivity index (χ3v) is 4.17. The molecular weight excluding hydrogens is 332 g/mol. The van der Waals surface area contributed by atoms with Crippen LogP contribution < -0.4 is 14.8 Å². The van der Waals surface area contributed by atoms with E-state index in [1.807, 2.05) is 41.1 Å². The summed E-state index contributed by atoms with van der Waals surface area (Å²) in [5.74, 6) is 2.24. The predicted molar refractivity (Wildman–Crippen MR) is 94.1 cm³/mol. The average molecular weight is 350 g/mol. The number of hydrogen-bond donors (Lipinski definition) is 1. The quantitative estimate of drug-likeness (QED) is 0.738. The van der Waals surface area contributed by atoms with E-state index < -0.39 is 0 Å². The second-order valence-corrected chi connectivity index (χ2v) is 5.92. The first-order chi connectivity index (χ1) is 12.8. The predicted octanol–water partition coefficient (Wildman–Crippen LogP) is 2.25. The Morgan fingerprint density at radius 2 is 2.12 bits per heavy atom. The number of pyridine rings is 1. The standard InChI is InChI=1S/C19H18N4O3/c24-18(6-4-14-3-5-16-17(10-14)26-13-25-16)22-11-15-2-1-7-21-19(15)23-9-8-20-12-23/h1-3,5,7-10,12H,4,6,11,13H2,(H,22,24). The van der Waals surface area contributed by atoms with Crippen molar-refractivity contribution < 1.29 is 14.3 Å². The first-order valence-corrected chi connectivity index (χ1v) is 8.37. The molecule has 0 aliphatic carbocycles. The Hall–Kier alpha value is -3.35. The molecule has 0 spiro atoms. The number of aryl methyl sites for hydroxylation is 1. The van der Waals surface area contributed by atoms with Crippen molar-refractivity contribution in [3.63, 3.8) is 0 Å². The van der Waals surface area contributed by atoms with Gasteiger partial charge in [-0.05, 0) is 30.2 Å². The van der Waals surface area contributed by atoms with Crippen LogP contribution in [0.4, 0.5) is 0 Å². The van der Waals surface area contributed by atoms with Gasteiger partial charge in [-0.25, -0.2) is 9.97 Å². The number of benzene rings is 1. The molecule has 4 rings (SSSR count). The zero-order valence-electron chi connectivity index (χ0n) is 14.1. The van der Waals surface area contributed by atoms with Gasteiger partial charge in [-0.15, -0.1) is 0 Å². The van der Waals surface area contributed by atoms with Gasteiger partial charge in [0.2, 0.25) is 12.7 Å². The summed E-state index contributed by atoms with van der Waals surface area (Å²) in [6.07, 6.45) is 7.98. The monoisotopic (exact) mass is 350 g/mol. The summed E-state index contributed by atoms with van der Waals surface area (Å²) in [6.45, 7) is 0.672. The van der Waals surface area contributed by atoms with E-state index in [1.54, 1.807) is 18.7 Å². The van der Waals surface area contributed by atoms with E-state index in [9.17, 15) is 4.79 Å². The summed E-state index contributed by atoms with van der Waals surface area (Å²) in [5, 5.41) is 2.96. The lowest BCUT2D eigenvalue weighted by atomic mass is 10.1. The maximum Gasteiger partial charge on any atom is 0.231 e. The highest BCUT2D eigenvalue weighted by Gasteiger charge is 2.14. The van der Waals surface area contributed by atoms with Crippen LogP contribution in [0.15, 0.2) is 55.2 Å². The summed E-state index contributed by atoms with van der Waals surface area (Å²) in [4.78, 5) is 20.6. The van der Waals surface area contributed by atoms with Crippen molar-refractivity contribution >= 4 is 5.91 Å². The van der Waals surface area contributed by atoms with Gasteiger partial charge in [-0.2, -0.15) is 0 Å². The van der Waals surface area contributed by atoms with E-state index in [0.29, 0.717) is 19.4 Å². The van der Waals surface area contributed by atoms with Gasteiger partial charge >= 0.3 is 0 Å². The normalized spacial score (nSPS) is 12.2. The molecule has 7 nitrogen and oxygen atoms in total. The van der Waals surface area contributed by atoms with Gasteiger partial charge < -0.3 is 14.8 Å². The third kappa shape index (κ3) is 3.51. The minimum absolute atomic E-state index is 0.0110. The molecule has 0 unspecified atom stereocenters. The molecule has 0 bridgehead atoms. The summed E-state index contributed by atoms with van der Waals surface area (Å²) >= 11 is 0. The second kappa shape index (κ2) is 7.26. The largest absolute Gasteiger partial charge is 0.454 e. The molecule has 1 N–H and O–H groups in total. The number of ether oxygens (including phenoxy) is 2. The Bertz CT molecular complexity index is 909. The van der Waals surface area contributed by atoms with Crippen LogP contribution in [-0.4, -0.2) is 27.2 Å². The summed E-state index contributed by atoms with van der Waals surface area (Å²) in [5.41, 5.74) is 1.98. The number of aromatic nitrogens is 3. The fourth-order valence-corrected chi connectivity index (χ4v) is 2.82. The van der Waals surface area contributed by atoms with E-state index in [4.69, 9.17) is 9.47 Å². The van der Waals surface area contributed by atoms with E-state index in [1.165, 1.54) is 0 Å². The number of fused-ring (bicyclic) bond motifs is 1. The van der Waals surface area contributed by atoms with Crippen molar-refractivity contribution in [1.29, 1.82) is 0 Å². The minimum atomic E-state index is -0.0110. The Kier molecular flexibility index (Phi) is 4.51. The number of hydrogen-bond acceptors (Lipinski definition) is 5. The number of amides is 1. The van der Waals surface area contributed by atoms with Crippen molar-refractivity contribution in [3.8, 4) is 17.3 Å². The van der Waals surface area contributed by atoms with Gasteiger partial charge in [0.1, 0.15) is 12.1 Å². The average Bonchev–Trinajstić information content (AvgIpc) is 3.36. The van der Waals surface area contributed by atoms with Crippen LogP contribution in [0.25, 0.3) is 5.82 Å². The van der Waals surface area contributed by atoms with E-state index >= 15 is 0 Å². The van der Waals surface area contributed by atoms with Crippen molar-refractivity contribution in [1.82, 2.24) is 19.9 Å². The fraction of sp³-hybridized carbons (Fsp3) is 0.211. The highest BCUT2D eigenvalue weighted by Crippen LogP contribution is 2.32. The lowest BCUT2D eigenvalue weighted by Gasteiger charge is -2.10. The first-order valence-electron chi connectivity index (χ1n) is 8.37. The molecule has 1 aromatic carbocycles. The Balaban J connectivity index is 1.33. The van der Waals surface area contributed by atoms with Crippen molar-refractivity contribution in [3.05, 3.63) is 66.4 Å². The van der Waals surface area contributed by atoms with Gasteiger partial charge in [-0.3, -0.25) is 9.36 Å². The third-order valence-electron chi connectivity index (χ3n) is 4.17. The molecule has 26 heavy (non-hydrogen) atoms. The number of rotatable bonds is 6. The Morgan fingerprint density at radius 1 is 1.19 bits per heavy atom. The van der Waals surface area contributed by atoms with Crippen LogP contribution >= 0.6 is 0 Å². The molecule has 0 saturated heterocycles. The fourth-order valence-electron chi connectivity index (χ4n) is 2.82. The van der Waals surface area contributed by atoms with Gasteiger partial charge in [0, 0.05) is 37.1 Å². The summed E-state index contributed by atoms with van der Waals surface area (Å²) in [6, 6.07) is 9.56. The molecule has 0 saturated carbocycles. The van der Waals surface area contributed by atoms with Crippen LogP contribution in [0.1, 0.15) is 17.5 Å². The number of carbonyl (C=O) groups is 1. The molecule has 2 aromatic heterocycles. The molecule has 0 fully saturated rings. The molecule has 0 atom stereocenters. The highest BCUT2D eigenvalue weighted by atomic mass is 16.7. The van der Waals surface area contributed by atoms with Crippen LogP contribution in [0, 0.1) is 0 Å².